The summed E-state index contributed by atoms with van der Waals surface area (Å²) < 4.78 is 35.2. The van der Waals surface area contributed by atoms with Gasteiger partial charge in [-0.3, -0.25) is 0 Å². The molecule has 1 rings (SSSR count). The van der Waals surface area contributed by atoms with Crippen LogP contribution in [0.4, 0.5) is 13.2 Å². The van der Waals surface area contributed by atoms with Gasteiger partial charge >= 0.3 is 0 Å². The molecule has 0 radical (unpaired) electrons. The molecule has 0 saturated carbocycles. The maximum absolute atomic E-state index is 12.0. The number of rotatable bonds is 1. The highest BCUT2D eigenvalue weighted by Crippen LogP contribution is 2.23. The first-order valence-electron chi connectivity index (χ1n) is 2.22. The lowest BCUT2D eigenvalue weighted by Crippen LogP contribution is -1.75. The van der Waals surface area contributed by atoms with Crippen molar-refractivity contribution in [3.8, 4) is 0 Å². The molecule has 1 heterocycles. The van der Waals surface area contributed by atoms with Crippen molar-refractivity contribution in [1.29, 1.82) is 0 Å². The summed E-state index contributed by atoms with van der Waals surface area (Å²) in [4.78, 5) is 0. The fourth-order valence-electron chi connectivity index (χ4n) is 0.438. The molecule has 0 N–H and O–H groups in total. The van der Waals surface area contributed by atoms with Crippen LogP contribution in [0.25, 0.3) is 0 Å². The summed E-state index contributed by atoms with van der Waals surface area (Å²) in [5.74, 6) is 0. The second-order valence-electron chi connectivity index (χ2n) is 1.48. The Morgan fingerprint density at radius 2 is 2.11 bits per heavy atom. The van der Waals surface area contributed by atoms with Gasteiger partial charge in [0.2, 0.25) is 0 Å². The van der Waals surface area contributed by atoms with E-state index in [0.29, 0.717) is 11.3 Å². The minimum absolute atomic E-state index is 0.238. The van der Waals surface area contributed by atoms with Crippen molar-refractivity contribution in [1.82, 2.24) is 0 Å². The Morgan fingerprint density at radius 1 is 1.44 bits per heavy atom. The molecule has 0 aliphatic rings. The highest BCUT2D eigenvalue weighted by atomic mass is 32.1. The van der Waals surface area contributed by atoms with E-state index in [0.717, 1.165) is 11.4 Å². The average Bonchev–Trinajstić information content (AvgIpc) is 2.14. The van der Waals surface area contributed by atoms with E-state index in [2.05, 4.69) is 0 Å². The molecule has 0 aliphatic heterocycles. The molecule has 50 valence electrons. The molecule has 4 heteroatoms. The third kappa shape index (κ3) is 1.45. The van der Waals surface area contributed by atoms with Crippen molar-refractivity contribution in [2.24, 2.45) is 0 Å². The molecule has 0 fully saturated rings. The quantitative estimate of drug-likeness (QED) is 0.580. The second kappa shape index (κ2) is 2.39. The first-order valence-corrected chi connectivity index (χ1v) is 3.10. The van der Waals surface area contributed by atoms with Gasteiger partial charge < -0.3 is 0 Å². The smallest absolute Gasteiger partial charge is 0.205 e. The minimum atomic E-state index is -2.55. The topological polar surface area (TPSA) is 0 Å². The van der Waals surface area contributed by atoms with Gasteiger partial charge in [-0.2, -0.15) is 4.39 Å². The van der Waals surface area contributed by atoms with Gasteiger partial charge in [0.1, 0.15) is 0 Å². The lowest BCUT2D eigenvalue weighted by molar-refractivity contribution is 0.151. The zero-order valence-corrected chi connectivity index (χ0v) is 5.09. The fraction of sp³-hybridized carbons (Fsp3) is 0.200. The summed E-state index contributed by atoms with van der Waals surface area (Å²) in [6, 6.07) is 0.843. The molecule has 9 heavy (non-hydrogen) atoms. The Hall–Kier alpha value is -0.510. The molecule has 0 spiro atoms. The van der Waals surface area contributed by atoms with Gasteiger partial charge in [-0.1, -0.05) is 0 Å². The van der Waals surface area contributed by atoms with Crippen molar-refractivity contribution < 1.29 is 13.2 Å². The maximum atomic E-state index is 12.0. The first-order chi connectivity index (χ1) is 4.20. The molecule has 0 unspecified atom stereocenters. The van der Waals surface area contributed by atoms with Crippen LogP contribution in [0.3, 0.4) is 0 Å². The Morgan fingerprint density at radius 3 is 2.33 bits per heavy atom. The van der Waals surface area contributed by atoms with Crippen LogP contribution in [0.15, 0.2) is 11.4 Å². The Balaban J connectivity index is 2.85. The van der Waals surface area contributed by atoms with Crippen LogP contribution in [-0.2, 0) is 0 Å². The second-order valence-corrected chi connectivity index (χ2v) is 2.35. The SMILES string of the molecule is Fc1cc(C(F)F)cs1. The summed E-state index contributed by atoms with van der Waals surface area (Å²) in [5, 5.41) is 0.547. The predicted molar refractivity (Wildman–Crippen MR) is 29.2 cm³/mol. The van der Waals surface area contributed by atoms with E-state index in [9.17, 15) is 13.2 Å². The highest BCUT2D eigenvalue weighted by Gasteiger charge is 2.08. The van der Waals surface area contributed by atoms with Crippen molar-refractivity contribution in [2.75, 3.05) is 0 Å². The van der Waals surface area contributed by atoms with Crippen LogP contribution in [0, 0.1) is 5.13 Å². The Bertz CT molecular complexity index is 194. The van der Waals surface area contributed by atoms with Gasteiger partial charge in [0.25, 0.3) is 6.43 Å². The molecule has 0 amide bonds. The number of hydrogen-bond donors (Lipinski definition) is 0. The third-order valence-electron chi connectivity index (χ3n) is 0.840. The number of alkyl halides is 2. The minimum Gasteiger partial charge on any atom is -0.205 e. The largest absolute Gasteiger partial charge is 0.264 e. The zero-order chi connectivity index (χ0) is 6.85. The van der Waals surface area contributed by atoms with E-state index < -0.39 is 11.6 Å². The molecule has 0 saturated heterocycles. The molecule has 1 aromatic rings. The highest BCUT2D eigenvalue weighted by molar-refractivity contribution is 7.08. The van der Waals surface area contributed by atoms with Gasteiger partial charge in [-0.15, -0.1) is 11.3 Å². The summed E-state index contributed by atoms with van der Waals surface area (Å²) in [6.07, 6.45) is -2.55. The van der Waals surface area contributed by atoms with Crippen LogP contribution in [-0.4, -0.2) is 0 Å². The predicted octanol–water partition coefficient (Wildman–Crippen LogP) is 2.82. The van der Waals surface area contributed by atoms with Gasteiger partial charge in [0, 0.05) is 10.9 Å². The number of thiophene rings is 1. The van der Waals surface area contributed by atoms with Crippen molar-refractivity contribution >= 4 is 11.3 Å². The van der Waals surface area contributed by atoms with Crippen LogP contribution < -0.4 is 0 Å². The van der Waals surface area contributed by atoms with E-state index in [4.69, 9.17) is 0 Å². The van der Waals surface area contributed by atoms with Gasteiger partial charge in [0.05, 0.1) is 0 Å². The Labute approximate surface area is 53.9 Å². The van der Waals surface area contributed by atoms with Crippen molar-refractivity contribution in [2.45, 2.75) is 6.43 Å². The summed E-state index contributed by atoms with van der Waals surface area (Å²) in [7, 11) is 0. The van der Waals surface area contributed by atoms with Crippen molar-refractivity contribution in [3.05, 3.63) is 22.1 Å². The number of halogens is 3. The zero-order valence-electron chi connectivity index (χ0n) is 4.27. The van der Waals surface area contributed by atoms with Crippen molar-refractivity contribution in [3.63, 3.8) is 0 Å². The molecule has 0 aromatic carbocycles. The van der Waals surface area contributed by atoms with Crippen LogP contribution in [0.2, 0.25) is 0 Å². The standard InChI is InChI=1S/C5H3F3S/c6-4-1-3(2-9-4)5(7)8/h1-2,5H. The Kier molecular flexibility index (Phi) is 1.75. The lowest BCUT2D eigenvalue weighted by atomic mass is 10.4. The summed E-state index contributed by atoms with van der Waals surface area (Å²) in [5.41, 5.74) is -0.238. The number of hydrogen-bond acceptors (Lipinski definition) is 1. The molecule has 0 nitrogen and oxygen atoms in total. The molecule has 0 aliphatic carbocycles. The van der Waals surface area contributed by atoms with E-state index in [1.54, 1.807) is 0 Å². The maximum Gasteiger partial charge on any atom is 0.264 e. The molecule has 0 atom stereocenters. The van der Waals surface area contributed by atoms with Gasteiger partial charge in [0.15, 0.2) is 5.13 Å². The molecular weight excluding hydrogens is 149 g/mol. The van der Waals surface area contributed by atoms with E-state index >= 15 is 0 Å². The average molecular weight is 152 g/mol. The summed E-state index contributed by atoms with van der Waals surface area (Å²) in [6.45, 7) is 0. The normalized spacial score (nSPS) is 10.7. The molecule has 0 bridgehead atoms. The first kappa shape index (κ1) is 6.61. The molecular formula is C5H3F3S. The van der Waals surface area contributed by atoms with Gasteiger partial charge in [-0.25, -0.2) is 8.78 Å². The van der Waals surface area contributed by atoms with Gasteiger partial charge in [-0.05, 0) is 6.07 Å². The van der Waals surface area contributed by atoms with Crippen LogP contribution in [0.1, 0.15) is 12.0 Å². The van der Waals surface area contributed by atoms with E-state index in [1.807, 2.05) is 0 Å². The fourth-order valence-corrected chi connectivity index (χ4v) is 1.06. The van der Waals surface area contributed by atoms with Crippen LogP contribution >= 0.6 is 11.3 Å². The van der Waals surface area contributed by atoms with E-state index in [1.165, 1.54) is 0 Å². The van der Waals surface area contributed by atoms with Crippen LogP contribution in [0.5, 0.6) is 0 Å². The molecule has 1 aromatic heterocycles. The monoisotopic (exact) mass is 152 g/mol. The van der Waals surface area contributed by atoms with E-state index in [-0.39, 0.29) is 5.56 Å². The lowest BCUT2D eigenvalue weighted by Gasteiger charge is -1.87. The third-order valence-corrected chi connectivity index (χ3v) is 1.57. The summed E-state index contributed by atoms with van der Waals surface area (Å²) >= 11 is 0.686.